The van der Waals surface area contributed by atoms with E-state index in [1.165, 1.54) is 7.11 Å². The van der Waals surface area contributed by atoms with Crippen LogP contribution in [-0.2, 0) is 9.53 Å². The molecule has 1 saturated heterocycles. The van der Waals surface area contributed by atoms with Crippen LogP contribution in [0.2, 0.25) is 0 Å². The molecule has 0 atom stereocenters. The standard InChI is InChI=1S/C26H26N2O4/c1-17-10-11-20(26(31)32-2)16-23(17)27-24(29)19-12-14-28(15-13-19)25(30)22-9-5-7-18-6-3-4-8-21(18)22/h3-11,16,19H,12-15H2,1-2H3,(H,27,29). The summed E-state index contributed by atoms with van der Waals surface area (Å²) in [7, 11) is 1.33. The molecular formula is C26H26N2O4. The minimum absolute atomic E-state index is 0.00211. The SMILES string of the molecule is COC(=O)c1ccc(C)c(NC(=O)C2CCN(C(=O)c3cccc4ccccc34)CC2)c1. The van der Waals surface area contributed by atoms with Crippen molar-refractivity contribution in [1.82, 2.24) is 4.90 Å². The zero-order chi connectivity index (χ0) is 22.7. The number of ether oxygens (including phenoxy) is 1. The second kappa shape index (κ2) is 9.22. The van der Waals surface area contributed by atoms with E-state index in [0.29, 0.717) is 42.7 Å². The van der Waals surface area contributed by atoms with Crippen molar-refractivity contribution in [3.63, 3.8) is 0 Å². The highest BCUT2D eigenvalue weighted by Crippen LogP contribution is 2.25. The minimum Gasteiger partial charge on any atom is -0.465 e. The molecule has 3 aromatic carbocycles. The summed E-state index contributed by atoms with van der Waals surface area (Å²) < 4.78 is 4.76. The van der Waals surface area contributed by atoms with Crippen LogP contribution in [0.5, 0.6) is 0 Å². The first kappa shape index (κ1) is 21.6. The molecule has 6 heteroatoms. The van der Waals surface area contributed by atoms with E-state index in [2.05, 4.69) is 5.32 Å². The number of piperidine rings is 1. The molecule has 4 rings (SSSR count). The molecule has 6 nitrogen and oxygen atoms in total. The van der Waals surface area contributed by atoms with Crippen LogP contribution < -0.4 is 5.32 Å². The molecule has 0 bridgehead atoms. The molecule has 0 aliphatic carbocycles. The van der Waals surface area contributed by atoms with Crippen LogP contribution >= 0.6 is 0 Å². The molecule has 0 aromatic heterocycles. The molecule has 1 aliphatic heterocycles. The van der Waals surface area contributed by atoms with Gasteiger partial charge in [-0.2, -0.15) is 0 Å². The number of carbonyl (C=O) groups excluding carboxylic acids is 3. The maximum absolute atomic E-state index is 13.1. The number of fused-ring (bicyclic) bond motifs is 1. The summed E-state index contributed by atoms with van der Waals surface area (Å²) in [5.74, 6) is -0.719. The van der Waals surface area contributed by atoms with Crippen molar-refractivity contribution >= 4 is 34.2 Å². The van der Waals surface area contributed by atoms with Crippen LogP contribution in [-0.4, -0.2) is 42.9 Å². The van der Waals surface area contributed by atoms with Crippen molar-refractivity contribution < 1.29 is 19.1 Å². The van der Waals surface area contributed by atoms with Gasteiger partial charge in [-0.15, -0.1) is 0 Å². The van der Waals surface area contributed by atoms with Gasteiger partial charge in [0, 0.05) is 30.3 Å². The fraction of sp³-hybridized carbons (Fsp3) is 0.269. The lowest BCUT2D eigenvalue weighted by Gasteiger charge is -2.31. The summed E-state index contributed by atoms with van der Waals surface area (Å²) in [6.07, 6.45) is 1.19. The van der Waals surface area contributed by atoms with E-state index in [9.17, 15) is 14.4 Å². The van der Waals surface area contributed by atoms with Gasteiger partial charge in [0.1, 0.15) is 0 Å². The molecule has 0 radical (unpaired) electrons. The van der Waals surface area contributed by atoms with Gasteiger partial charge in [-0.3, -0.25) is 9.59 Å². The summed E-state index contributed by atoms with van der Waals surface area (Å²) >= 11 is 0. The van der Waals surface area contributed by atoms with Gasteiger partial charge in [0.2, 0.25) is 5.91 Å². The Kier molecular flexibility index (Phi) is 6.21. The van der Waals surface area contributed by atoms with Gasteiger partial charge in [-0.1, -0.05) is 42.5 Å². The Morgan fingerprint density at radius 2 is 1.69 bits per heavy atom. The molecule has 164 valence electrons. The molecule has 1 N–H and O–H groups in total. The molecular weight excluding hydrogens is 404 g/mol. The number of esters is 1. The third-order valence-electron chi connectivity index (χ3n) is 6.09. The predicted molar refractivity (Wildman–Crippen MR) is 124 cm³/mol. The first-order chi connectivity index (χ1) is 15.5. The lowest BCUT2D eigenvalue weighted by Crippen LogP contribution is -2.41. The van der Waals surface area contributed by atoms with Gasteiger partial charge in [0.25, 0.3) is 5.91 Å². The molecule has 0 spiro atoms. The fourth-order valence-corrected chi connectivity index (χ4v) is 4.16. The Morgan fingerprint density at radius 3 is 2.44 bits per heavy atom. The Hall–Kier alpha value is -3.67. The maximum atomic E-state index is 13.1. The molecule has 0 unspecified atom stereocenters. The average molecular weight is 431 g/mol. The Bertz CT molecular complexity index is 1170. The summed E-state index contributed by atoms with van der Waals surface area (Å²) in [6, 6.07) is 18.7. The lowest BCUT2D eigenvalue weighted by molar-refractivity contribution is -0.121. The first-order valence-electron chi connectivity index (χ1n) is 10.7. The number of aryl methyl sites for hydroxylation is 1. The van der Waals surface area contributed by atoms with E-state index in [1.54, 1.807) is 18.2 Å². The van der Waals surface area contributed by atoms with Gasteiger partial charge >= 0.3 is 5.97 Å². The number of carbonyl (C=O) groups is 3. The Morgan fingerprint density at radius 1 is 0.969 bits per heavy atom. The number of nitrogens with one attached hydrogen (secondary N) is 1. The van der Waals surface area contributed by atoms with Gasteiger partial charge in [-0.05, 0) is 54.3 Å². The number of hydrogen-bond acceptors (Lipinski definition) is 4. The predicted octanol–water partition coefficient (Wildman–Crippen LogP) is 4.43. The van der Waals surface area contributed by atoms with Crippen LogP contribution in [0.1, 0.15) is 39.1 Å². The van der Waals surface area contributed by atoms with Crippen molar-refractivity contribution in [1.29, 1.82) is 0 Å². The van der Waals surface area contributed by atoms with Gasteiger partial charge in [0.05, 0.1) is 12.7 Å². The van der Waals surface area contributed by atoms with E-state index in [4.69, 9.17) is 4.74 Å². The van der Waals surface area contributed by atoms with Crippen LogP contribution in [0.15, 0.2) is 60.7 Å². The molecule has 0 saturated carbocycles. The second-order valence-electron chi connectivity index (χ2n) is 8.10. The van der Waals surface area contributed by atoms with E-state index in [1.807, 2.05) is 54.3 Å². The Labute approximate surface area is 187 Å². The van der Waals surface area contributed by atoms with Gasteiger partial charge < -0.3 is 15.0 Å². The van der Waals surface area contributed by atoms with Gasteiger partial charge in [-0.25, -0.2) is 4.79 Å². The largest absolute Gasteiger partial charge is 0.465 e. The third-order valence-corrected chi connectivity index (χ3v) is 6.09. The van der Waals surface area contributed by atoms with Crippen LogP contribution in [0.4, 0.5) is 5.69 Å². The highest BCUT2D eigenvalue weighted by atomic mass is 16.5. The summed E-state index contributed by atoms with van der Waals surface area (Å²) in [4.78, 5) is 39.6. The number of anilines is 1. The van der Waals surface area contributed by atoms with Crippen molar-refractivity contribution in [2.24, 2.45) is 5.92 Å². The molecule has 3 aromatic rings. The molecule has 1 fully saturated rings. The monoisotopic (exact) mass is 430 g/mol. The number of likely N-dealkylation sites (tertiary alicyclic amines) is 1. The number of methoxy groups -OCH3 is 1. The smallest absolute Gasteiger partial charge is 0.337 e. The zero-order valence-corrected chi connectivity index (χ0v) is 18.3. The molecule has 32 heavy (non-hydrogen) atoms. The zero-order valence-electron chi connectivity index (χ0n) is 18.3. The minimum atomic E-state index is -0.444. The van der Waals surface area contributed by atoms with Gasteiger partial charge in [0.15, 0.2) is 0 Å². The van der Waals surface area contributed by atoms with Crippen LogP contribution in [0.25, 0.3) is 10.8 Å². The molecule has 2 amide bonds. The number of rotatable bonds is 4. The van der Waals surface area contributed by atoms with E-state index < -0.39 is 5.97 Å². The average Bonchev–Trinajstić information content (AvgIpc) is 2.84. The topological polar surface area (TPSA) is 75.7 Å². The van der Waals surface area contributed by atoms with E-state index in [0.717, 1.165) is 16.3 Å². The van der Waals surface area contributed by atoms with Crippen molar-refractivity contribution in [2.45, 2.75) is 19.8 Å². The van der Waals surface area contributed by atoms with Crippen molar-refractivity contribution in [3.05, 3.63) is 77.4 Å². The summed E-state index contributed by atoms with van der Waals surface area (Å²) in [6.45, 7) is 2.94. The number of amides is 2. The quantitative estimate of drug-likeness (QED) is 0.622. The fourth-order valence-electron chi connectivity index (χ4n) is 4.16. The van der Waals surface area contributed by atoms with Crippen molar-refractivity contribution in [3.8, 4) is 0 Å². The third kappa shape index (κ3) is 4.35. The molecule has 1 heterocycles. The summed E-state index contributed by atoms with van der Waals surface area (Å²) in [5, 5.41) is 4.93. The maximum Gasteiger partial charge on any atom is 0.337 e. The number of benzene rings is 3. The lowest BCUT2D eigenvalue weighted by atomic mass is 9.94. The van der Waals surface area contributed by atoms with Crippen molar-refractivity contribution in [2.75, 3.05) is 25.5 Å². The van der Waals surface area contributed by atoms with E-state index in [-0.39, 0.29) is 17.7 Å². The summed E-state index contributed by atoms with van der Waals surface area (Å²) in [5.41, 5.74) is 2.56. The van der Waals surface area contributed by atoms with Crippen LogP contribution in [0.3, 0.4) is 0 Å². The normalized spacial score (nSPS) is 14.2. The number of nitrogens with zero attached hydrogens (tertiary/aromatic N) is 1. The number of hydrogen-bond donors (Lipinski definition) is 1. The highest BCUT2D eigenvalue weighted by molar-refractivity contribution is 6.07. The first-order valence-corrected chi connectivity index (χ1v) is 10.7. The van der Waals surface area contributed by atoms with Crippen LogP contribution in [0, 0.1) is 12.8 Å². The highest BCUT2D eigenvalue weighted by Gasteiger charge is 2.28. The molecule has 1 aliphatic rings. The van der Waals surface area contributed by atoms with E-state index >= 15 is 0 Å². The Balaban J connectivity index is 1.41. The second-order valence-corrected chi connectivity index (χ2v) is 8.10.